The number of nitrogens with one attached hydrogen (secondary N) is 1. The molecule has 2 heterocycles. The summed E-state index contributed by atoms with van der Waals surface area (Å²) in [6, 6.07) is 5.32. The molecule has 6 heteroatoms. The lowest BCUT2D eigenvalue weighted by atomic mass is 9.86. The predicted molar refractivity (Wildman–Crippen MR) is 91.6 cm³/mol. The van der Waals surface area contributed by atoms with Crippen LogP contribution < -0.4 is 5.32 Å². The highest BCUT2D eigenvalue weighted by atomic mass is 32.2. The monoisotopic (exact) mass is 349 g/mol. The van der Waals surface area contributed by atoms with E-state index in [-0.39, 0.29) is 29.1 Å². The van der Waals surface area contributed by atoms with Gasteiger partial charge < -0.3 is 5.32 Å². The smallest absolute Gasteiger partial charge is 0.235 e. The Kier molecular flexibility index (Phi) is 4.51. The predicted octanol–water partition coefficient (Wildman–Crippen LogP) is 1.67. The molecule has 0 spiro atoms. The third-order valence-corrected chi connectivity index (χ3v) is 6.91. The van der Waals surface area contributed by atoms with Crippen molar-refractivity contribution in [2.24, 2.45) is 5.92 Å². The minimum atomic E-state index is -2.91. The van der Waals surface area contributed by atoms with Crippen LogP contribution in [0.15, 0.2) is 18.2 Å². The van der Waals surface area contributed by atoms with Crippen LogP contribution in [0.4, 0.5) is 0 Å². The van der Waals surface area contributed by atoms with Gasteiger partial charge in [0.2, 0.25) is 5.91 Å². The lowest BCUT2D eigenvalue weighted by Crippen LogP contribution is -2.34. The van der Waals surface area contributed by atoms with Crippen molar-refractivity contribution >= 4 is 21.5 Å². The largest absolute Gasteiger partial charge is 0.345 e. The van der Waals surface area contributed by atoms with Crippen LogP contribution >= 0.6 is 0 Å². The summed E-state index contributed by atoms with van der Waals surface area (Å²) in [5.74, 6) is -0.494. The lowest BCUT2D eigenvalue weighted by Gasteiger charge is -2.24. The third kappa shape index (κ3) is 3.38. The maximum atomic E-state index is 12.8. The molecule has 2 aliphatic rings. The van der Waals surface area contributed by atoms with Gasteiger partial charge >= 0.3 is 0 Å². The average molecular weight is 349 g/mol. The molecule has 0 bridgehead atoms. The summed E-state index contributed by atoms with van der Waals surface area (Å²) in [6.07, 6.45) is 1.70. The average Bonchev–Trinajstić information content (AvgIpc) is 2.78. The van der Waals surface area contributed by atoms with Crippen molar-refractivity contribution in [2.45, 2.75) is 45.1 Å². The minimum absolute atomic E-state index is 0.0814. The van der Waals surface area contributed by atoms with Crippen molar-refractivity contribution in [1.82, 2.24) is 5.32 Å². The van der Waals surface area contributed by atoms with E-state index in [9.17, 15) is 18.0 Å². The molecular formula is C18H23NO4S. The summed E-state index contributed by atoms with van der Waals surface area (Å²) < 4.78 is 23.0. The van der Waals surface area contributed by atoms with Gasteiger partial charge in [0.1, 0.15) is 15.8 Å². The molecule has 1 amide bonds. The Morgan fingerprint density at radius 3 is 2.46 bits per heavy atom. The minimum Gasteiger partial charge on any atom is -0.345 e. The highest BCUT2D eigenvalue weighted by Gasteiger charge is 2.43. The fourth-order valence-corrected chi connectivity index (χ4v) is 5.29. The summed E-state index contributed by atoms with van der Waals surface area (Å²) >= 11 is 0. The molecule has 1 N–H and O–H groups in total. The number of sulfone groups is 1. The van der Waals surface area contributed by atoms with Crippen LogP contribution in [0.3, 0.4) is 0 Å². The van der Waals surface area contributed by atoms with E-state index in [0.29, 0.717) is 19.3 Å². The van der Waals surface area contributed by atoms with E-state index < -0.39 is 21.8 Å². The quantitative estimate of drug-likeness (QED) is 0.842. The molecule has 3 rings (SSSR count). The Morgan fingerprint density at radius 1 is 1.12 bits per heavy atom. The fourth-order valence-electron chi connectivity index (χ4n) is 3.70. The Morgan fingerprint density at radius 2 is 1.79 bits per heavy atom. The number of Topliss-reactive ketones (excluding diaryl/α,β-unsaturated/α-hetero) is 1. The van der Waals surface area contributed by atoms with Crippen molar-refractivity contribution in [3.8, 4) is 0 Å². The van der Waals surface area contributed by atoms with Gasteiger partial charge in [-0.15, -0.1) is 0 Å². The van der Waals surface area contributed by atoms with Gasteiger partial charge in [0.25, 0.3) is 0 Å². The van der Waals surface area contributed by atoms with Crippen molar-refractivity contribution in [3.05, 3.63) is 34.9 Å². The molecule has 2 unspecified atom stereocenters. The molecule has 2 aliphatic heterocycles. The van der Waals surface area contributed by atoms with E-state index in [0.717, 1.165) is 16.7 Å². The molecule has 24 heavy (non-hydrogen) atoms. The standard InChI is InChI=1S/C18H23NO4S/c1-11-3-4-12(2)14(9-11)16-17(20)15(19-18(16)21)10-13-5-7-24(22,23)8-6-13/h3-4,9,13,15-16H,5-8,10H2,1-2H3,(H,19,21). The first kappa shape index (κ1) is 17.1. The van der Waals surface area contributed by atoms with Gasteiger partial charge in [-0.05, 0) is 50.2 Å². The Labute approximate surface area is 142 Å². The first-order chi connectivity index (χ1) is 11.3. The Bertz CT molecular complexity index is 770. The number of carbonyl (C=O) groups is 2. The molecule has 1 aromatic carbocycles. The summed E-state index contributed by atoms with van der Waals surface area (Å²) in [7, 11) is -2.91. The molecule has 0 aliphatic carbocycles. The van der Waals surface area contributed by atoms with Gasteiger partial charge in [0, 0.05) is 0 Å². The Balaban J connectivity index is 1.74. The number of hydrogen-bond donors (Lipinski definition) is 1. The van der Waals surface area contributed by atoms with Crippen molar-refractivity contribution < 1.29 is 18.0 Å². The maximum Gasteiger partial charge on any atom is 0.235 e. The van der Waals surface area contributed by atoms with E-state index in [4.69, 9.17) is 0 Å². The summed E-state index contributed by atoms with van der Waals surface area (Å²) in [4.78, 5) is 25.2. The highest BCUT2D eigenvalue weighted by Crippen LogP contribution is 2.31. The molecule has 2 saturated heterocycles. The second kappa shape index (κ2) is 6.31. The van der Waals surface area contributed by atoms with Gasteiger partial charge in [-0.2, -0.15) is 0 Å². The van der Waals surface area contributed by atoms with Gasteiger partial charge in [-0.3, -0.25) is 9.59 Å². The molecule has 2 fully saturated rings. The molecule has 130 valence electrons. The van der Waals surface area contributed by atoms with Crippen molar-refractivity contribution in [1.29, 1.82) is 0 Å². The highest BCUT2D eigenvalue weighted by molar-refractivity contribution is 7.91. The number of aryl methyl sites for hydroxylation is 2. The van der Waals surface area contributed by atoms with Crippen LogP contribution in [0, 0.1) is 19.8 Å². The molecule has 0 aromatic heterocycles. The van der Waals surface area contributed by atoms with E-state index in [1.807, 2.05) is 32.0 Å². The van der Waals surface area contributed by atoms with Crippen LogP contribution in [-0.4, -0.2) is 37.7 Å². The normalized spacial score (nSPS) is 27.2. The number of benzene rings is 1. The number of hydrogen-bond acceptors (Lipinski definition) is 4. The summed E-state index contributed by atoms with van der Waals surface area (Å²) in [5.41, 5.74) is 2.75. The lowest BCUT2D eigenvalue weighted by molar-refractivity contribution is -0.124. The first-order valence-electron chi connectivity index (χ1n) is 8.38. The van der Waals surface area contributed by atoms with E-state index in [1.165, 1.54) is 0 Å². The fraction of sp³-hybridized carbons (Fsp3) is 0.556. The molecule has 0 saturated carbocycles. The van der Waals surface area contributed by atoms with Crippen molar-refractivity contribution in [2.75, 3.05) is 11.5 Å². The van der Waals surface area contributed by atoms with E-state index in [2.05, 4.69) is 5.32 Å². The number of rotatable bonds is 3. The molecule has 0 radical (unpaired) electrons. The van der Waals surface area contributed by atoms with Crippen LogP contribution in [0.2, 0.25) is 0 Å². The maximum absolute atomic E-state index is 12.8. The van der Waals surface area contributed by atoms with E-state index in [1.54, 1.807) is 0 Å². The number of ketones is 1. The summed E-state index contributed by atoms with van der Waals surface area (Å²) in [5, 5.41) is 2.83. The van der Waals surface area contributed by atoms with Crippen LogP contribution in [0.5, 0.6) is 0 Å². The molecule has 1 aromatic rings. The van der Waals surface area contributed by atoms with Gasteiger partial charge in [0.15, 0.2) is 5.78 Å². The zero-order valence-electron chi connectivity index (χ0n) is 14.0. The molecule has 2 atom stereocenters. The third-order valence-electron chi connectivity index (χ3n) is 5.20. The van der Waals surface area contributed by atoms with Crippen LogP contribution in [0.1, 0.15) is 41.9 Å². The van der Waals surface area contributed by atoms with Gasteiger partial charge in [0.05, 0.1) is 17.5 Å². The molecular weight excluding hydrogens is 326 g/mol. The Hall–Kier alpha value is -1.69. The second-order valence-electron chi connectivity index (χ2n) is 7.09. The van der Waals surface area contributed by atoms with E-state index >= 15 is 0 Å². The number of amides is 1. The second-order valence-corrected chi connectivity index (χ2v) is 9.39. The molecule has 5 nitrogen and oxygen atoms in total. The van der Waals surface area contributed by atoms with Gasteiger partial charge in [-0.1, -0.05) is 23.8 Å². The summed E-state index contributed by atoms with van der Waals surface area (Å²) in [6.45, 7) is 3.86. The SMILES string of the molecule is Cc1ccc(C)c(C2C(=O)NC(CC3CCS(=O)(=O)CC3)C2=O)c1. The zero-order chi connectivity index (χ0) is 17.5. The number of carbonyl (C=O) groups excluding carboxylic acids is 2. The van der Waals surface area contributed by atoms with Gasteiger partial charge in [-0.25, -0.2) is 8.42 Å². The topological polar surface area (TPSA) is 80.3 Å². The van der Waals surface area contributed by atoms with Crippen LogP contribution in [0.25, 0.3) is 0 Å². The van der Waals surface area contributed by atoms with Crippen molar-refractivity contribution in [3.63, 3.8) is 0 Å². The van der Waals surface area contributed by atoms with Crippen LogP contribution in [-0.2, 0) is 19.4 Å². The first-order valence-corrected chi connectivity index (χ1v) is 10.2. The zero-order valence-corrected chi connectivity index (χ0v) is 14.9.